The standard InChI is InChI=1S/C12H16O3/c1-2-3-4-9-15-11-7-5-10(6-8-11)12(13)14/h5-8H,2-4,9H2,1H3,(H,13,14)/p-1. The van der Waals surface area contributed by atoms with Gasteiger partial charge in [0.05, 0.1) is 12.6 Å². The summed E-state index contributed by atoms with van der Waals surface area (Å²) in [6, 6.07) is 6.28. The van der Waals surface area contributed by atoms with Crippen molar-refractivity contribution in [2.24, 2.45) is 0 Å². The Morgan fingerprint density at radius 2 is 1.93 bits per heavy atom. The summed E-state index contributed by atoms with van der Waals surface area (Å²) in [5.74, 6) is -0.455. The molecule has 15 heavy (non-hydrogen) atoms. The highest BCUT2D eigenvalue weighted by molar-refractivity contribution is 5.85. The van der Waals surface area contributed by atoms with Gasteiger partial charge in [0.15, 0.2) is 0 Å². The molecule has 1 aromatic carbocycles. The highest BCUT2D eigenvalue weighted by Gasteiger charge is 1.95. The van der Waals surface area contributed by atoms with E-state index >= 15 is 0 Å². The first-order valence-electron chi connectivity index (χ1n) is 5.18. The van der Waals surface area contributed by atoms with Crippen molar-refractivity contribution in [3.8, 4) is 5.75 Å². The second-order valence-electron chi connectivity index (χ2n) is 3.37. The van der Waals surface area contributed by atoms with Gasteiger partial charge in [-0.2, -0.15) is 0 Å². The molecule has 3 nitrogen and oxygen atoms in total. The van der Waals surface area contributed by atoms with Crippen LogP contribution in [-0.2, 0) is 0 Å². The molecule has 0 aliphatic rings. The molecular formula is C12H15O3-. The number of hydrogen-bond donors (Lipinski definition) is 0. The van der Waals surface area contributed by atoms with Gasteiger partial charge in [0.1, 0.15) is 5.75 Å². The zero-order valence-corrected chi connectivity index (χ0v) is 8.86. The summed E-state index contributed by atoms with van der Waals surface area (Å²) in [6.45, 7) is 2.81. The summed E-state index contributed by atoms with van der Waals surface area (Å²) >= 11 is 0. The number of aromatic carboxylic acids is 1. The lowest BCUT2D eigenvalue weighted by molar-refractivity contribution is -0.255. The molecule has 0 N–H and O–H groups in total. The van der Waals surface area contributed by atoms with Crippen molar-refractivity contribution in [2.45, 2.75) is 26.2 Å². The SMILES string of the molecule is CCCCCOc1ccc(C(=O)[O-])cc1. The fourth-order valence-corrected chi connectivity index (χ4v) is 1.23. The molecule has 0 spiro atoms. The van der Waals surface area contributed by atoms with Crippen LogP contribution in [0.1, 0.15) is 36.5 Å². The van der Waals surface area contributed by atoms with E-state index in [1.165, 1.54) is 12.1 Å². The fraction of sp³-hybridized carbons (Fsp3) is 0.417. The van der Waals surface area contributed by atoms with Crippen molar-refractivity contribution in [1.82, 2.24) is 0 Å². The van der Waals surface area contributed by atoms with Crippen LogP contribution in [-0.4, -0.2) is 12.6 Å². The minimum atomic E-state index is -1.16. The summed E-state index contributed by atoms with van der Waals surface area (Å²) in [7, 11) is 0. The molecule has 82 valence electrons. The van der Waals surface area contributed by atoms with Crippen LogP contribution in [0, 0.1) is 0 Å². The average molecular weight is 207 g/mol. The van der Waals surface area contributed by atoms with Crippen molar-refractivity contribution in [3.63, 3.8) is 0 Å². The molecule has 0 aliphatic carbocycles. The Labute approximate surface area is 89.7 Å². The first-order chi connectivity index (χ1) is 7.24. The normalized spacial score (nSPS) is 9.93. The highest BCUT2D eigenvalue weighted by Crippen LogP contribution is 2.12. The van der Waals surface area contributed by atoms with Gasteiger partial charge in [-0.3, -0.25) is 0 Å². The lowest BCUT2D eigenvalue weighted by Crippen LogP contribution is -2.21. The van der Waals surface area contributed by atoms with Gasteiger partial charge >= 0.3 is 0 Å². The van der Waals surface area contributed by atoms with Crippen LogP contribution in [0.5, 0.6) is 5.75 Å². The molecule has 0 aliphatic heterocycles. The van der Waals surface area contributed by atoms with Crippen molar-refractivity contribution < 1.29 is 14.6 Å². The summed E-state index contributed by atoms with van der Waals surface area (Å²) in [4.78, 5) is 10.5. The number of carboxylic acids is 1. The summed E-state index contributed by atoms with van der Waals surface area (Å²) in [5, 5.41) is 10.5. The number of carbonyl (C=O) groups excluding carboxylic acids is 1. The van der Waals surface area contributed by atoms with Gasteiger partial charge in [0, 0.05) is 0 Å². The molecule has 0 saturated heterocycles. The van der Waals surface area contributed by atoms with E-state index in [4.69, 9.17) is 4.74 Å². The maximum atomic E-state index is 10.5. The second kappa shape index (κ2) is 6.06. The van der Waals surface area contributed by atoms with Crippen LogP contribution < -0.4 is 9.84 Å². The smallest absolute Gasteiger partial charge is 0.119 e. The Balaban J connectivity index is 2.39. The summed E-state index contributed by atoms with van der Waals surface area (Å²) in [6.07, 6.45) is 3.34. The number of unbranched alkanes of at least 4 members (excludes halogenated alkanes) is 2. The molecule has 0 saturated carbocycles. The Kier molecular flexibility index (Phi) is 4.68. The topological polar surface area (TPSA) is 49.4 Å². The summed E-state index contributed by atoms with van der Waals surface area (Å²) in [5.41, 5.74) is 0.177. The third kappa shape index (κ3) is 4.02. The molecule has 0 fully saturated rings. The molecule has 1 aromatic rings. The molecule has 0 aromatic heterocycles. The van der Waals surface area contributed by atoms with Crippen LogP contribution in [0.25, 0.3) is 0 Å². The predicted molar refractivity (Wildman–Crippen MR) is 55.8 cm³/mol. The van der Waals surface area contributed by atoms with E-state index in [1.807, 2.05) is 0 Å². The lowest BCUT2D eigenvalue weighted by Gasteiger charge is -2.07. The zero-order valence-electron chi connectivity index (χ0n) is 8.86. The number of carboxylic acid groups (broad SMARTS) is 1. The number of rotatable bonds is 6. The van der Waals surface area contributed by atoms with Crippen LogP contribution in [0.2, 0.25) is 0 Å². The maximum Gasteiger partial charge on any atom is 0.119 e. The Hall–Kier alpha value is -1.51. The minimum Gasteiger partial charge on any atom is -0.545 e. The molecular weight excluding hydrogens is 192 g/mol. The predicted octanol–water partition coefficient (Wildman–Crippen LogP) is 1.62. The zero-order chi connectivity index (χ0) is 11.1. The molecule has 0 radical (unpaired) electrons. The number of carbonyl (C=O) groups is 1. The Morgan fingerprint density at radius 1 is 1.27 bits per heavy atom. The largest absolute Gasteiger partial charge is 0.545 e. The van der Waals surface area contributed by atoms with Crippen molar-refractivity contribution in [1.29, 1.82) is 0 Å². The minimum absolute atomic E-state index is 0.177. The van der Waals surface area contributed by atoms with E-state index in [-0.39, 0.29) is 5.56 Å². The highest BCUT2D eigenvalue weighted by atomic mass is 16.5. The molecule has 1 rings (SSSR count). The molecule has 3 heteroatoms. The Bertz CT molecular complexity index is 303. The number of hydrogen-bond acceptors (Lipinski definition) is 3. The lowest BCUT2D eigenvalue weighted by atomic mass is 10.2. The molecule has 0 atom stereocenters. The van der Waals surface area contributed by atoms with Crippen molar-refractivity contribution >= 4 is 5.97 Å². The van der Waals surface area contributed by atoms with Crippen LogP contribution in [0.4, 0.5) is 0 Å². The van der Waals surface area contributed by atoms with Crippen molar-refractivity contribution in [2.75, 3.05) is 6.61 Å². The quantitative estimate of drug-likeness (QED) is 0.666. The number of ether oxygens (including phenoxy) is 1. The van der Waals surface area contributed by atoms with Crippen LogP contribution in [0.3, 0.4) is 0 Å². The van der Waals surface area contributed by atoms with Gasteiger partial charge in [0.25, 0.3) is 0 Å². The average Bonchev–Trinajstić information content (AvgIpc) is 2.25. The van der Waals surface area contributed by atoms with Gasteiger partial charge in [-0.25, -0.2) is 0 Å². The second-order valence-corrected chi connectivity index (χ2v) is 3.37. The van der Waals surface area contributed by atoms with Crippen molar-refractivity contribution in [3.05, 3.63) is 29.8 Å². The first-order valence-corrected chi connectivity index (χ1v) is 5.18. The van der Waals surface area contributed by atoms with E-state index in [0.717, 1.165) is 19.3 Å². The van der Waals surface area contributed by atoms with Gasteiger partial charge in [-0.1, -0.05) is 19.8 Å². The fourth-order valence-electron chi connectivity index (χ4n) is 1.23. The first kappa shape index (κ1) is 11.6. The third-order valence-corrected chi connectivity index (χ3v) is 2.11. The van der Waals surface area contributed by atoms with Gasteiger partial charge in [0.2, 0.25) is 0 Å². The Morgan fingerprint density at radius 3 is 2.47 bits per heavy atom. The van der Waals surface area contributed by atoms with E-state index < -0.39 is 5.97 Å². The molecule has 0 heterocycles. The third-order valence-electron chi connectivity index (χ3n) is 2.11. The number of benzene rings is 1. The van der Waals surface area contributed by atoms with E-state index in [1.54, 1.807) is 12.1 Å². The van der Waals surface area contributed by atoms with Gasteiger partial charge < -0.3 is 14.6 Å². The molecule has 0 amide bonds. The van der Waals surface area contributed by atoms with E-state index in [2.05, 4.69) is 6.92 Å². The summed E-state index contributed by atoms with van der Waals surface area (Å²) < 4.78 is 5.43. The van der Waals surface area contributed by atoms with E-state index in [9.17, 15) is 9.90 Å². The monoisotopic (exact) mass is 207 g/mol. The van der Waals surface area contributed by atoms with Crippen LogP contribution >= 0.6 is 0 Å². The van der Waals surface area contributed by atoms with Gasteiger partial charge in [-0.15, -0.1) is 0 Å². The molecule has 0 unspecified atom stereocenters. The maximum absolute atomic E-state index is 10.5. The van der Waals surface area contributed by atoms with E-state index in [0.29, 0.717) is 12.4 Å². The van der Waals surface area contributed by atoms with Gasteiger partial charge in [-0.05, 0) is 36.2 Å². The molecule has 0 bridgehead atoms. The van der Waals surface area contributed by atoms with Crippen LogP contribution in [0.15, 0.2) is 24.3 Å².